The topological polar surface area (TPSA) is 111 Å². The van der Waals surface area contributed by atoms with Crippen LogP contribution in [0.4, 0.5) is 11.5 Å². The van der Waals surface area contributed by atoms with Crippen molar-refractivity contribution in [2.45, 2.75) is 12.2 Å². The lowest BCUT2D eigenvalue weighted by Crippen LogP contribution is -2.37. The quantitative estimate of drug-likeness (QED) is 0.711. The summed E-state index contributed by atoms with van der Waals surface area (Å²) in [5.74, 6) is 0.811. The number of hydrogen-bond donors (Lipinski definition) is 1. The fourth-order valence-electron chi connectivity index (χ4n) is 3.60. The van der Waals surface area contributed by atoms with Gasteiger partial charge in [-0.2, -0.15) is 0 Å². The van der Waals surface area contributed by atoms with Crippen molar-refractivity contribution < 1.29 is 22.7 Å². The third-order valence-corrected chi connectivity index (χ3v) is 6.04. The van der Waals surface area contributed by atoms with Crippen LogP contribution in [0.3, 0.4) is 0 Å². The average Bonchev–Trinajstić information content (AvgIpc) is 3.29. The number of rotatable bonds is 6. The van der Waals surface area contributed by atoms with Crippen LogP contribution in [0, 0.1) is 5.92 Å². The molecule has 2 aromatic rings. The average molecular weight is 447 g/mol. The van der Waals surface area contributed by atoms with Crippen molar-refractivity contribution in [2.75, 3.05) is 56.0 Å². The summed E-state index contributed by atoms with van der Waals surface area (Å²) in [4.78, 5) is 23.5. The maximum atomic E-state index is 12.3. The highest BCUT2D eigenvalue weighted by atomic mass is 32.2. The molecule has 0 spiro atoms. The maximum Gasteiger partial charge on any atom is 0.229 e. The number of anilines is 2. The Balaban J connectivity index is 1.58. The SMILES string of the molecule is CS(=O)(=O)Cc1cc(N2CCOCC2)nc(-c2ccc(NC(=O)C3CCOC3)cc2)n1. The Morgan fingerprint density at radius 2 is 1.87 bits per heavy atom. The third-order valence-electron chi connectivity index (χ3n) is 5.22. The van der Waals surface area contributed by atoms with Gasteiger partial charge < -0.3 is 19.7 Å². The van der Waals surface area contributed by atoms with E-state index in [1.165, 1.54) is 6.26 Å². The predicted molar refractivity (Wildman–Crippen MR) is 117 cm³/mol. The Morgan fingerprint density at radius 1 is 1.13 bits per heavy atom. The molecule has 1 unspecified atom stereocenters. The Morgan fingerprint density at radius 3 is 2.52 bits per heavy atom. The van der Waals surface area contributed by atoms with E-state index in [9.17, 15) is 13.2 Å². The molecule has 166 valence electrons. The summed E-state index contributed by atoms with van der Waals surface area (Å²) < 4.78 is 34.4. The first-order chi connectivity index (χ1) is 14.9. The van der Waals surface area contributed by atoms with Gasteiger partial charge in [-0.15, -0.1) is 0 Å². The van der Waals surface area contributed by atoms with Gasteiger partial charge in [-0.3, -0.25) is 4.79 Å². The van der Waals surface area contributed by atoms with Gasteiger partial charge >= 0.3 is 0 Å². The van der Waals surface area contributed by atoms with E-state index in [1.807, 2.05) is 12.1 Å². The van der Waals surface area contributed by atoms with Crippen LogP contribution in [0.15, 0.2) is 30.3 Å². The summed E-state index contributed by atoms with van der Waals surface area (Å²) in [5.41, 5.74) is 1.88. The van der Waals surface area contributed by atoms with Crippen LogP contribution in [-0.4, -0.2) is 70.1 Å². The number of carbonyl (C=O) groups excluding carboxylic acids is 1. The van der Waals surface area contributed by atoms with Gasteiger partial charge in [0.25, 0.3) is 0 Å². The number of aromatic nitrogens is 2. The van der Waals surface area contributed by atoms with Gasteiger partial charge in [0.2, 0.25) is 5.91 Å². The van der Waals surface area contributed by atoms with Gasteiger partial charge in [0.05, 0.1) is 37.2 Å². The zero-order valence-corrected chi connectivity index (χ0v) is 18.2. The normalized spacial score (nSPS) is 19.4. The molecule has 2 aliphatic rings. The summed E-state index contributed by atoms with van der Waals surface area (Å²) in [5, 5.41) is 2.91. The largest absolute Gasteiger partial charge is 0.381 e. The van der Waals surface area contributed by atoms with Gasteiger partial charge in [-0.25, -0.2) is 18.4 Å². The van der Waals surface area contributed by atoms with Gasteiger partial charge in [0.1, 0.15) is 5.82 Å². The van der Waals surface area contributed by atoms with Gasteiger partial charge in [-0.1, -0.05) is 0 Å². The lowest BCUT2D eigenvalue weighted by molar-refractivity contribution is -0.119. The molecule has 0 saturated carbocycles. The highest BCUT2D eigenvalue weighted by molar-refractivity contribution is 7.89. The number of nitrogens with zero attached hydrogens (tertiary/aromatic N) is 3. The molecule has 0 aliphatic carbocycles. The molecule has 0 bridgehead atoms. The maximum absolute atomic E-state index is 12.3. The van der Waals surface area contributed by atoms with Crippen molar-refractivity contribution in [1.82, 2.24) is 9.97 Å². The van der Waals surface area contributed by atoms with Crippen LogP contribution >= 0.6 is 0 Å². The molecule has 3 heterocycles. The highest BCUT2D eigenvalue weighted by Gasteiger charge is 2.23. The van der Waals surface area contributed by atoms with Gasteiger partial charge in [0.15, 0.2) is 15.7 Å². The first-order valence-corrected chi connectivity index (χ1v) is 12.3. The number of amides is 1. The standard InChI is InChI=1S/C21H26N4O5S/c1-31(27,28)14-18-12-19(25-7-10-29-11-8-25)24-20(22-18)15-2-4-17(5-3-15)23-21(26)16-6-9-30-13-16/h2-5,12,16H,6-11,13-14H2,1H3,(H,23,26). The van der Waals surface area contributed by atoms with E-state index in [0.29, 0.717) is 62.5 Å². The molecule has 2 saturated heterocycles. The number of nitrogens with one attached hydrogen (secondary N) is 1. The van der Waals surface area contributed by atoms with E-state index < -0.39 is 9.84 Å². The van der Waals surface area contributed by atoms with Crippen molar-refractivity contribution in [1.29, 1.82) is 0 Å². The van der Waals surface area contributed by atoms with E-state index in [0.717, 1.165) is 12.0 Å². The smallest absolute Gasteiger partial charge is 0.229 e. The van der Waals surface area contributed by atoms with Gasteiger partial charge in [-0.05, 0) is 30.7 Å². The molecule has 4 rings (SSSR count). The second-order valence-electron chi connectivity index (χ2n) is 7.84. The first-order valence-electron chi connectivity index (χ1n) is 10.2. The second-order valence-corrected chi connectivity index (χ2v) is 9.98. The second kappa shape index (κ2) is 9.29. The summed E-state index contributed by atoms with van der Waals surface area (Å²) >= 11 is 0. The summed E-state index contributed by atoms with van der Waals surface area (Å²) in [6.45, 7) is 3.64. The van der Waals surface area contributed by atoms with Gasteiger partial charge in [0, 0.05) is 43.3 Å². The molecule has 1 amide bonds. The molecule has 9 nitrogen and oxygen atoms in total. The molecular formula is C21H26N4O5S. The van der Waals surface area contributed by atoms with Crippen molar-refractivity contribution >= 4 is 27.2 Å². The van der Waals surface area contributed by atoms with E-state index in [2.05, 4.69) is 20.2 Å². The minimum atomic E-state index is -3.24. The van der Waals surface area contributed by atoms with Crippen LogP contribution < -0.4 is 10.2 Å². The van der Waals surface area contributed by atoms with Crippen molar-refractivity contribution in [3.63, 3.8) is 0 Å². The molecular weight excluding hydrogens is 420 g/mol. The Hall–Kier alpha value is -2.56. The predicted octanol–water partition coefficient (Wildman–Crippen LogP) is 1.50. The summed E-state index contributed by atoms with van der Waals surface area (Å²) in [6.07, 6.45) is 1.92. The van der Waals surface area contributed by atoms with Crippen molar-refractivity contribution in [2.24, 2.45) is 5.92 Å². The number of benzene rings is 1. The van der Waals surface area contributed by atoms with Crippen LogP contribution in [-0.2, 0) is 29.9 Å². The fraction of sp³-hybridized carbons (Fsp3) is 0.476. The van der Waals surface area contributed by atoms with Crippen LogP contribution in [0.25, 0.3) is 11.4 Å². The molecule has 2 aliphatic heterocycles. The number of sulfone groups is 1. The minimum Gasteiger partial charge on any atom is -0.381 e. The first kappa shape index (κ1) is 21.7. The Labute approximate surface area is 181 Å². The van der Waals surface area contributed by atoms with E-state index in [-0.39, 0.29) is 17.6 Å². The molecule has 10 heteroatoms. The molecule has 1 aromatic heterocycles. The van der Waals surface area contributed by atoms with E-state index in [1.54, 1.807) is 18.2 Å². The van der Waals surface area contributed by atoms with Crippen LogP contribution in [0.1, 0.15) is 12.1 Å². The number of carbonyl (C=O) groups is 1. The number of morpholine rings is 1. The molecule has 2 fully saturated rings. The van der Waals surface area contributed by atoms with Crippen LogP contribution in [0.5, 0.6) is 0 Å². The molecule has 0 radical (unpaired) electrons. The lowest BCUT2D eigenvalue weighted by atomic mass is 10.1. The lowest BCUT2D eigenvalue weighted by Gasteiger charge is -2.28. The third kappa shape index (κ3) is 5.78. The number of hydrogen-bond acceptors (Lipinski definition) is 8. The van der Waals surface area contributed by atoms with E-state index >= 15 is 0 Å². The summed E-state index contributed by atoms with van der Waals surface area (Å²) in [7, 11) is -3.24. The minimum absolute atomic E-state index is 0.0498. The summed E-state index contributed by atoms with van der Waals surface area (Å²) in [6, 6.07) is 8.97. The zero-order chi connectivity index (χ0) is 21.8. The fourth-order valence-corrected chi connectivity index (χ4v) is 4.28. The van der Waals surface area contributed by atoms with Crippen molar-refractivity contribution in [3.05, 3.63) is 36.0 Å². The Bertz CT molecular complexity index is 1030. The highest BCUT2D eigenvalue weighted by Crippen LogP contribution is 2.24. The van der Waals surface area contributed by atoms with Crippen molar-refractivity contribution in [3.8, 4) is 11.4 Å². The van der Waals surface area contributed by atoms with Crippen LogP contribution in [0.2, 0.25) is 0 Å². The molecule has 1 atom stereocenters. The molecule has 1 N–H and O–H groups in total. The number of ether oxygens (including phenoxy) is 2. The zero-order valence-electron chi connectivity index (χ0n) is 17.4. The molecule has 1 aromatic carbocycles. The monoisotopic (exact) mass is 446 g/mol. The molecule has 31 heavy (non-hydrogen) atoms. The Kier molecular flexibility index (Phi) is 6.49. The van der Waals surface area contributed by atoms with E-state index in [4.69, 9.17) is 9.47 Å².